The Kier molecular flexibility index (Phi) is 3.97. The van der Waals surface area contributed by atoms with E-state index in [0.29, 0.717) is 6.54 Å². The molecule has 3 heterocycles. The summed E-state index contributed by atoms with van der Waals surface area (Å²) in [6.07, 6.45) is 4.17. The fraction of sp³-hybridized carbons (Fsp3) is 0.455. The number of amides is 1. The molecule has 0 radical (unpaired) electrons. The van der Waals surface area contributed by atoms with E-state index in [4.69, 9.17) is 0 Å². The fourth-order valence-electron chi connectivity index (χ4n) is 2.13. The van der Waals surface area contributed by atoms with Gasteiger partial charge in [0.15, 0.2) is 0 Å². The number of nitrogens with one attached hydrogen (secondary N) is 4. The Morgan fingerprint density at radius 3 is 3.35 bits per heavy atom. The van der Waals surface area contributed by atoms with Crippen molar-refractivity contribution in [3.8, 4) is 0 Å². The molecule has 3 rings (SSSR count). The molecule has 1 atom stereocenters. The molecular weight excluding hydrogens is 278 g/mol. The van der Waals surface area contributed by atoms with Crippen molar-refractivity contribution in [2.45, 2.75) is 17.5 Å². The zero-order valence-electron chi connectivity index (χ0n) is 10.7. The van der Waals surface area contributed by atoms with Crippen molar-refractivity contribution in [1.82, 2.24) is 36.0 Å². The molecule has 0 aromatic carbocycles. The maximum absolute atomic E-state index is 12.1. The van der Waals surface area contributed by atoms with Gasteiger partial charge in [-0.25, -0.2) is 4.98 Å². The van der Waals surface area contributed by atoms with Crippen molar-refractivity contribution < 1.29 is 4.79 Å². The summed E-state index contributed by atoms with van der Waals surface area (Å²) in [5.74, 6) is 0.706. The SMILES string of the molecule is O=C(NCCSc1cn[nH]n1)C1NCCc2[nH]cnc21. The number of aromatic nitrogens is 5. The first-order valence-electron chi connectivity index (χ1n) is 6.36. The molecule has 0 saturated heterocycles. The third kappa shape index (κ3) is 2.83. The molecule has 2 aromatic heterocycles. The van der Waals surface area contributed by atoms with Gasteiger partial charge in [-0.3, -0.25) is 4.79 Å². The van der Waals surface area contributed by atoms with Crippen molar-refractivity contribution in [1.29, 1.82) is 0 Å². The van der Waals surface area contributed by atoms with Gasteiger partial charge in [-0.05, 0) is 0 Å². The lowest BCUT2D eigenvalue weighted by Crippen LogP contribution is -2.42. The molecule has 0 aliphatic carbocycles. The molecule has 1 unspecified atom stereocenters. The molecule has 0 fully saturated rings. The molecule has 1 aliphatic rings. The van der Waals surface area contributed by atoms with Gasteiger partial charge in [0, 0.05) is 31.0 Å². The van der Waals surface area contributed by atoms with Gasteiger partial charge < -0.3 is 15.6 Å². The largest absolute Gasteiger partial charge is 0.354 e. The van der Waals surface area contributed by atoms with E-state index in [9.17, 15) is 4.79 Å². The summed E-state index contributed by atoms with van der Waals surface area (Å²) in [4.78, 5) is 19.4. The van der Waals surface area contributed by atoms with Crippen LogP contribution in [-0.2, 0) is 11.2 Å². The van der Waals surface area contributed by atoms with Crippen LogP contribution < -0.4 is 10.6 Å². The first kappa shape index (κ1) is 13.1. The quantitative estimate of drug-likeness (QED) is 0.442. The molecule has 20 heavy (non-hydrogen) atoms. The van der Waals surface area contributed by atoms with Crippen LogP contribution in [0.5, 0.6) is 0 Å². The van der Waals surface area contributed by atoms with Crippen LogP contribution >= 0.6 is 11.8 Å². The van der Waals surface area contributed by atoms with Crippen LogP contribution in [-0.4, -0.2) is 50.1 Å². The predicted octanol–water partition coefficient (Wildman–Crippen LogP) is -0.377. The van der Waals surface area contributed by atoms with Crippen LogP contribution in [0, 0.1) is 0 Å². The number of rotatable bonds is 5. The first-order valence-corrected chi connectivity index (χ1v) is 7.35. The number of imidazole rings is 1. The first-order chi connectivity index (χ1) is 9.84. The lowest BCUT2D eigenvalue weighted by atomic mass is 10.1. The lowest BCUT2D eigenvalue weighted by molar-refractivity contribution is -0.123. The van der Waals surface area contributed by atoms with Gasteiger partial charge in [0.25, 0.3) is 0 Å². The zero-order valence-corrected chi connectivity index (χ0v) is 11.5. The summed E-state index contributed by atoms with van der Waals surface area (Å²) in [6.45, 7) is 1.36. The Morgan fingerprint density at radius 1 is 1.55 bits per heavy atom. The molecule has 2 aromatic rings. The smallest absolute Gasteiger partial charge is 0.243 e. The van der Waals surface area contributed by atoms with E-state index in [-0.39, 0.29) is 11.9 Å². The topological polar surface area (TPSA) is 111 Å². The molecular formula is C11H15N7OS. The predicted molar refractivity (Wildman–Crippen MR) is 73.2 cm³/mol. The normalized spacial score (nSPS) is 17.7. The van der Waals surface area contributed by atoms with Gasteiger partial charge in [0.05, 0.1) is 18.2 Å². The second-order valence-corrected chi connectivity index (χ2v) is 5.47. The average Bonchev–Trinajstić information content (AvgIpc) is 3.13. The van der Waals surface area contributed by atoms with Crippen molar-refractivity contribution in [2.75, 3.05) is 18.8 Å². The number of hydrogen-bond acceptors (Lipinski definition) is 6. The third-order valence-electron chi connectivity index (χ3n) is 3.05. The number of fused-ring (bicyclic) bond motifs is 1. The number of H-pyrrole nitrogens is 2. The number of nitrogens with zero attached hydrogens (tertiary/aromatic N) is 3. The monoisotopic (exact) mass is 293 g/mol. The standard InChI is InChI=1S/C11H15N7OS/c19-11(13-3-4-20-8-5-16-18-17-8)10-9-7(1-2-12-10)14-6-15-9/h5-6,10,12H,1-4H2,(H,13,19)(H,14,15)(H,16,17,18). The number of carbonyl (C=O) groups is 1. The molecule has 4 N–H and O–H groups in total. The summed E-state index contributed by atoms with van der Waals surface area (Å²) in [7, 11) is 0. The lowest BCUT2D eigenvalue weighted by Gasteiger charge is -2.22. The molecule has 1 amide bonds. The molecule has 0 saturated carbocycles. The number of thioether (sulfide) groups is 1. The van der Waals surface area contributed by atoms with Crippen LogP contribution in [0.1, 0.15) is 17.4 Å². The zero-order chi connectivity index (χ0) is 13.8. The van der Waals surface area contributed by atoms with E-state index in [0.717, 1.165) is 35.1 Å². The van der Waals surface area contributed by atoms with E-state index in [1.165, 1.54) is 0 Å². The number of carbonyl (C=O) groups excluding carboxylic acids is 1. The van der Waals surface area contributed by atoms with Crippen molar-refractivity contribution in [3.63, 3.8) is 0 Å². The van der Waals surface area contributed by atoms with Crippen molar-refractivity contribution in [3.05, 3.63) is 23.9 Å². The van der Waals surface area contributed by atoms with Gasteiger partial charge in [-0.1, -0.05) is 0 Å². The molecule has 1 aliphatic heterocycles. The summed E-state index contributed by atoms with van der Waals surface area (Å²) in [6, 6.07) is -0.359. The Labute approximate surface area is 119 Å². The van der Waals surface area contributed by atoms with E-state index < -0.39 is 0 Å². The van der Waals surface area contributed by atoms with E-state index in [1.54, 1.807) is 24.3 Å². The van der Waals surface area contributed by atoms with Crippen LogP contribution in [0.2, 0.25) is 0 Å². The Morgan fingerprint density at radius 2 is 2.50 bits per heavy atom. The van der Waals surface area contributed by atoms with Crippen molar-refractivity contribution >= 4 is 17.7 Å². The summed E-state index contributed by atoms with van der Waals surface area (Å²) >= 11 is 1.54. The second-order valence-electron chi connectivity index (χ2n) is 4.35. The van der Waals surface area contributed by atoms with Gasteiger partial charge in [0.1, 0.15) is 11.1 Å². The van der Waals surface area contributed by atoms with E-state index >= 15 is 0 Å². The molecule has 0 spiro atoms. The molecule has 8 nitrogen and oxygen atoms in total. The van der Waals surface area contributed by atoms with Gasteiger partial charge >= 0.3 is 0 Å². The highest BCUT2D eigenvalue weighted by molar-refractivity contribution is 7.99. The van der Waals surface area contributed by atoms with Crippen molar-refractivity contribution in [2.24, 2.45) is 0 Å². The third-order valence-corrected chi connectivity index (χ3v) is 3.96. The molecule has 0 bridgehead atoms. The van der Waals surface area contributed by atoms with Gasteiger partial charge in [0.2, 0.25) is 5.91 Å². The van der Waals surface area contributed by atoms with Crippen LogP contribution in [0.25, 0.3) is 0 Å². The van der Waals surface area contributed by atoms with Gasteiger partial charge in [-0.15, -0.1) is 16.9 Å². The number of aromatic amines is 2. The maximum atomic E-state index is 12.1. The minimum atomic E-state index is -0.359. The molecule has 9 heteroatoms. The summed E-state index contributed by atoms with van der Waals surface area (Å²) in [5.41, 5.74) is 1.85. The Hall–Kier alpha value is -1.87. The fourth-order valence-corrected chi connectivity index (χ4v) is 2.77. The Balaban J connectivity index is 1.48. The number of hydrogen-bond donors (Lipinski definition) is 4. The van der Waals surface area contributed by atoms with E-state index in [2.05, 4.69) is 36.0 Å². The summed E-state index contributed by atoms with van der Waals surface area (Å²) in [5, 5.41) is 17.1. The average molecular weight is 293 g/mol. The highest BCUT2D eigenvalue weighted by Crippen LogP contribution is 2.19. The van der Waals surface area contributed by atoms with Gasteiger partial charge in [-0.2, -0.15) is 10.3 Å². The van der Waals surface area contributed by atoms with Crippen LogP contribution in [0.4, 0.5) is 0 Å². The maximum Gasteiger partial charge on any atom is 0.243 e. The highest BCUT2D eigenvalue weighted by atomic mass is 32.2. The summed E-state index contributed by atoms with van der Waals surface area (Å²) < 4.78 is 0. The minimum absolute atomic E-state index is 0.0428. The van der Waals surface area contributed by atoms with E-state index in [1.807, 2.05) is 0 Å². The second kappa shape index (κ2) is 6.06. The van der Waals surface area contributed by atoms with Crippen LogP contribution in [0.15, 0.2) is 17.6 Å². The molecule has 106 valence electrons. The highest BCUT2D eigenvalue weighted by Gasteiger charge is 2.27. The Bertz CT molecular complexity index is 567. The minimum Gasteiger partial charge on any atom is -0.354 e. The van der Waals surface area contributed by atoms with Crippen LogP contribution in [0.3, 0.4) is 0 Å².